The first-order valence-electron chi connectivity index (χ1n) is 7.80. The van der Waals surface area contributed by atoms with E-state index in [9.17, 15) is 4.39 Å². The van der Waals surface area contributed by atoms with Gasteiger partial charge in [-0.15, -0.1) is 0 Å². The van der Waals surface area contributed by atoms with Gasteiger partial charge in [-0.2, -0.15) is 5.10 Å². The largest absolute Gasteiger partial charge is 0.489 e. The third kappa shape index (κ3) is 3.65. The zero-order chi connectivity index (χ0) is 15.4. The summed E-state index contributed by atoms with van der Waals surface area (Å²) in [6.45, 7) is 3.48. The van der Waals surface area contributed by atoms with Gasteiger partial charge in [0.25, 0.3) is 0 Å². The number of aromatic nitrogens is 2. The van der Waals surface area contributed by atoms with Crippen molar-refractivity contribution in [3.63, 3.8) is 0 Å². The summed E-state index contributed by atoms with van der Waals surface area (Å²) in [5, 5.41) is 4.25. The average Bonchev–Trinajstić information content (AvgIpc) is 2.96. The number of aryl methyl sites for hydroxylation is 1. The predicted molar refractivity (Wildman–Crippen MR) is 83.5 cm³/mol. The van der Waals surface area contributed by atoms with E-state index in [1.807, 2.05) is 17.9 Å². The fraction of sp³-hybridized carbons (Fsp3) is 0.471. The summed E-state index contributed by atoms with van der Waals surface area (Å²) >= 11 is 0. The van der Waals surface area contributed by atoms with E-state index in [0.717, 1.165) is 32.5 Å². The Kier molecular flexibility index (Phi) is 4.73. The number of hydrogen-bond donors (Lipinski definition) is 0. The molecule has 0 unspecified atom stereocenters. The highest BCUT2D eigenvalue weighted by Crippen LogP contribution is 2.27. The molecule has 0 bridgehead atoms. The van der Waals surface area contributed by atoms with Crippen LogP contribution < -0.4 is 4.74 Å². The Morgan fingerprint density at radius 2 is 2.05 bits per heavy atom. The van der Waals surface area contributed by atoms with Crippen LogP contribution >= 0.6 is 0 Å². The minimum atomic E-state index is -0.294. The van der Waals surface area contributed by atoms with Gasteiger partial charge in [-0.05, 0) is 49.5 Å². The Labute approximate surface area is 130 Å². The molecule has 0 amide bonds. The Bertz CT molecular complexity index is 605. The van der Waals surface area contributed by atoms with Crippen molar-refractivity contribution in [3.05, 3.63) is 48.0 Å². The molecule has 1 saturated heterocycles. The van der Waals surface area contributed by atoms with Crippen LogP contribution in [-0.2, 0) is 7.05 Å². The molecule has 4 nitrogen and oxygen atoms in total. The van der Waals surface area contributed by atoms with Crippen molar-refractivity contribution in [2.24, 2.45) is 7.05 Å². The molecule has 118 valence electrons. The van der Waals surface area contributed by atoms with Crippen molar-refractivity contribution < 1.29 is 9.13 Å². The van der Waals surface area contributed by atoms with Gasteiger partial charge in [-0.1, -0.05) is 12.1 Å². The van der Waals surface area contributed by atoms with Crippen LogP contribution in [0.4, 0.5) is 4.39 Å². The van der Waals surface area contributed by atoms with Crippen molar-refractivity contribution in [1.82, 2.24) is 14.7 Å². The van der Waals surface area contributed by atoms with Gasteiger partial charge in [0.15, 0.2) is 11.6 Å². The third-order valence-corrected chi connectivity index (χ3v) is 4.29. The highest BCUT2D eigenvalue weighted by Gasteiger charge is 2.21. The molecule has 0 saturated carbocycles. The zero-order valence-corrected chi connectivity index (χ0v) is 12.9. The number of rotatable bonds is 5. The van der Waals surface area contributed by atoms with Crippen molar-refractivity contribution in [3.8, 4) is 5.75 Å². The second-order valence-electron chi connectivity index (χ2n) is 5.84. The molecule has 0 aliphatic carbocycles. The number of piperidine rings is 1. The Hall–Kier alpha value is -1.88. The summed E-state index contributed by atoms with van der Waals surface area (Å²) in [5.41, 5.74) is 1.34. The van der Waals surface area contributed by atoms with Crippen molar-refractivity contribution in [2.45, 2.75) is 18.8 Å². The van der Waals surface area contributed by atoms with E-state index >= 15 is 0 Å². The number of halogens is 1. The normalized spacial score (nSPS) is 16.8. The number of para-hydroxylation sites is 1. The van der Waals surface area contributed by atoms with Gasteiger partial charge in [0.2, 0.25) is 0 Å². The Morgan fingerprint density at radius 1 is 1.27 bits per heavy atom. The van der Waals surface area contributed by atoms with Crippen molar-refractivity contribution >= 4 is 0 Å². The number of likely N-dealkylation sites (tertiary alicyclic amines) is 1. The molecule has 2 heterocycles. The summed E-state index contributed by atoms with van der Waals surface area (Å²) < 4.78 is 20.8. The third-order valence-electron chi connectivity index (χ3n) is 4.29. The summed E-state index contributed by atoms with van der Waals surface area (Å²) in [5.74, 6) is 0.656. The molecular formula is C17H22FN3O. The van der Waals surface area contributed by atoms with E-state index in [4.69, 9.17) is 4.74 Å². The molecule has 0 N–H and O–H groups in total. The van der Waals surface area contributed by atoms with E-state index in [2.05, 4.69) is 16.2 Å². The van der Waals surface area contributed by atoms with Gasteiger partial charge in [-0.25, -0.2) is 4.39 Å². The Morgan fingerprint density at radius 3 is 2.73 bits per heavy atom. The molecule has 5 heteroatoms. The SMILES string of the molecule is Cn1cc(C2CCN(CCOc3ccccc3F)CC2)cn1. The fourth-order valence-corrected chi connectivity index (χ4v) is 2.99. The minimum Gasteiger partial charge on any atom is -0.489 e. The molecule has 0 spiro atoms. The van der Waals surface area contributed by atoms with Gasteiger partial charge in [0.1, 0.15) is 6.61 Å². The van der Waals surface area contributed by atoms with Crippen LogP contribution in [0.15, 0.2) is 36.7 Å². The van der Waals surface area contributed by atoms with Crippen LogP contribution in [-0.4, -0.2) is 40.9 Å². The molecule has 0 radical (unpaired) electrons. The number of nitrogens with zero attached hydrogens (tertiary/aromatic N) is 3. The lowest BCUT2D eigenvalue weighted by Gasteiger charge is -2.31. The van der Waals surface area contributed by atoms with E-state index in [-0.39, 0.29) is 5.82 Å². The quantitative estimate of drug-likeness (QED) is 0.851. The second-order valence-corrected chi connectivity index (χ2v) is 5.84. The van der Waals surface area contributed by atoms with Crippen molar-refractivity contribution in [1.29, 1.82) is 0 Å². The summed E-state index contributed by atoms with van der Waals surface area (Å²) in [4.78, 5) is 2.38. The smallest absolute Gasteiger partial charge is 0.165 e. The fourth-order valence-electron chi connectivity index (χ4n) is 2.99. The monoisotopic (exact) mass is 303 g/mol. The summed E-state index contributed by atoms with van der Waals surface area (Å²) in [6.07, 6.45) is 6.38. The van der Waals surface area contributed by atoms with Gasteiger partial charge < -0.3 is 4.74 Å². The molecule has 1 aliphatic heterocycles. The van der Waals surface area contributed by atoms with Gasteiger partial charge in [0, 0.05) is 19.8 Å². The lowest BCUT2D eigenvalue weighted by Crippen LogP contribution is -2.35. The molecule has 0 atom stereocenters. The highest BCUT2D eigenvalue weighted by atomic mass is 19.1. The molecule has 2 aromatic rings. The predicted octanol–water partition coefficient (Wildman–Crippen LogP) is 2.82. The van der Waals surface area contributed by atoms with Crippen LogP contribution in [0.1, 0.15) is 24.3 Å². The standard InChI is InChI=1S/C17H22FN3O/c1-20-13-15(12-19-20)14-6-8-21(9-7-14)10-11-22-17-5-3-2-4-16(17)18/h2-5,12-14H,6-11H2,1H3. The zero-order valence-electron chi connectivity index (χ0n) is 12.9. The van der Waals surface area contributed by atoms with Crippen LogP contribution in [0.2, 0.25) is 0 Å². The molecule has 1 aromatic carbocycles. The first kappa shape index (κ1) is 15.0. The highest BCUT2D eigenvalue weighted by molar-refractivity contribution is 5.23. The lowest BCUT2D eigenvalue weighted by atomic mass is 9.92. The number of benzene rings is 1. The molecule has 3 rings (SSSR count). The van der Waals surface area contributed by atoms with Gasteiger partial charge in [-0.3, -0.25) is 9.58 Å². The number of ether oxygens (including phenoxy) is 1. The van der Waals surface area contributed by atoms with E-state index in [1.165, 1.54) is 11.6 Å². The van der Waals surface area contributed by atoms with Crippen LogP contribution in [0.25, 0.3) is 0 Å². The van der Waals surface area contributed by atoms with E-state index in [1.54, 1.807) is 18.2 Å². The summed E-state index contributed by atoms with van der Waals surface area (Å²) in [7, 11) is 1.96. The second kappa shape index (κ2) is 6.92. The minimum absolute atomic E-state index is 0.294. The van der Waals surface area contributed by atoms with E-state index < -0.39 is 0 Å². The van der Waals surface area contributed by atoms with Crippen molar-refractivity contribution in [2.75, 3.05) is 26.2 Å². The topological polar surface area (TPSA) is 30.3 Å². The molecule has 1 aromatic heterocycles. The molecular weight excluding hydrogens is 281 g/mol. The lowest BCUT2D eigenvalue weighted by molar-refractivity contribution is 0.171. The maximum absolute atomic E-state index is 13.4. The van der Waals surface area contributed by atoms with Gasteiger partial charge >= 0.3 is 0 Å². The maximum atomic E-state index is 13.4. The number of hydrogen-bond acceptors (Lipinski definition) is 3. The average molecular weight is 303 g/mol. The Balaban J connectivity index is 1.42. The van der Waals surface area contributed by atoms with Gasteiger partial charge in [0.05, 0.1) is 6.20 Å². The first-order chi connectivity index (χ1) is 10.7. The molecule has 1 fully saturated rings. The molecule has 22 heavy (non-hydrogen) atoms. The van der Waals surface area contributed by atoms with Crippen LogP contribution in [0, 0.1) is 5.82 Å². The first-order valence-corrected chi connectivity index (χ1v) is 7.80. The summed E-state index contributed by atoms with van der Waals surface area (Å²) in [6, 6.07) is 6.56. The van der Waals surface area contributed by atoms with Crippen LogP contribution in [0.3, 0.4) is 0 Å². The van der Waals surface area contributed by atoms with E-state index in [0.29, 0.717) is 18.3 Å². The molecule has 1 aliphatic rings. The van der Waals surface area contributed by atoms with Crippen LogP contribution in [0.5, 0.6) is 5.75 Å². The maximum Gasteiger partial charge on any atom is 0.165 e.